The molecule has 5 rings (SSSR count). The van der Waals surface area contributed by atoms with Crippen LogP contribution in [0.1, 0.15) is 21.8 Å². The first-order valence-corrected chi connectivity index (χ1v) is 11.8. The molecular formula is C27H27ClN4O2. The summed E-state index contributed by atoms with van der Waals surface area (Å²) in [5, 5.41) is 7.01. The Bertz CT molecular complexity index is 1200. The third-order valence-electron chi connectivity index (χ3n) is 6.73. The van der Waals surface area contributed by atoms with Crippen LogP contribution in [0.15, 0.2) is 72.8 Å². The third kappa shape index (κ3) is 4.15. The number of nitrogens with one attached hydrogen (secondary N) is 2. The summed E-state index contributed by atoms with van der Waals surface area (Å²) >= 11 is 6.05. The highest BCUT2D eigenvalue weighted by molar-refractivity contribution is 6.30. The van der Waals surface area contributed by atoms with E-state index in [-0.39, 0.29) is 24.0 Å². The Balaban J connectivity index is 1.28. The molecule has 0 radical (unpaired) electrons. The van der Waals surface area contributed by atoms with Gasteiger partial charge in [0.1, 0.15) is 0 Å². The summed E-state index contributed by atoms with van der Waals surface area (Å²) in [5.41, 5.74) is 4.79. The van der Waals surface area contributed by atoms with Crippen LogP contribution in [0.4, 0.5) is 10.5 Å². The van der Waals surface area contributed by atoms with Gasteiger partial charge >= 0.3 is 6.03 Å². The van der Waals surface area contributed by atoms with Crippen LogP contribution in [0, 0.1) is 0 Å². The molecule has 6 nitrogen and oxygen atoms in total. The molecule has 2 bridgehead atoms. The fourth-order valence-electron chi connectivity index (χ4n) is 5.04. The van der Waals surface area contributed by atoms with Crippen LogP contribution in [-0.4, -0.2) is 61.0 Å². The van der Waals surface area contributed by atoms with Crippen molar-refractivity contribution in [3.8, 4) is 11.1 Å². The molecule has 2 heterocycles. The number of hydrogen-bond acceptors (Lipinski definition) is 3. The molecule has 3 aromatic carbocycles. The molecule has 1 unspecified atom stereocenters. The Morgan fingerprint density at radius 3 is 2.15 bits per heavy atom. The van der Waals surface area contributed by atoms with Crippen LogP contribution < -0.4 is 10.6 Å². The lowest BCUT2D eigenvalue weighted by atomic mass is 9.72. The van der Waals surface area contributed by atoms with E-state index in [2.05, 4.69) is 34.9 Å². The van der Waals surface area contributed by atoms with Crippen LogP contribution >= 0.6 is 11.6 Å². The topological polar surface area (TPSA) is 64.7 Å². The zero-order chi connectivity index (χ0) is 23.8. The Morgan fingerprint density at radius 2 is 1.56 bits per heavy atom. The summed E-state index contributed by atoms with van der Waals surface area (Å²) in [7, 11) is 3.50. The van der Waals surface area contributed by atoms with Gasteiger partial charge in [0.05, 0.1) is 12.1 Å². The van der Waals surface area contributed by atoms with Gasteiger partial charge in [-0.1, -0.05) is 54.1 Å². The highest BCUT2D eigenvalue weighted by Gasteiger charge is 2.53. The number of fused-ring (bicyclic) bond motifs is 2. The Labute approximate surface area is 204 Å². The molecule has 2 aliphatic rings. The number of anilines is 1. The number of likely N-dealkylation sites (tertiary alicyclic amines) is 1. The minimum absolute atomic E-state index is 0.00372. The summed E-state index contributed by atoms with van der Waals surface area (Å²) in [6.07, 6.45) is 0. The summed E-state index contributed by atoms with van der Waals surface area (Å²) in [4.78, 5) is 28.6. The van der Waals surface area contributed by atoms with Crippen LogP contribution in [0.25, 0.3) is 11.1 Å². The third-order valence-corrected chi connectivity index (χ3v) is 6.96. The molecule has 0 saturated carbocycles. The lowest BCUT2D eigenvalue weighted by Crippen LogP contribution is -2.74. The van der Waals surface area contributed by atoms with Crippen molar-refractivity contribution in [1.29, 1.82) is 0 Å². The molecule has 0 aliphatic carbocycles. The van der Waals surface area contributed by atoms with E-state index in [1.807, 2.05) is 41.3 Å². The van der Waals surface area contributed by atoms with E-state index >= 15 is 0 Å². The molecule has 7 heteroatoms. The Hall–Kier alpha value is -3.35. The second-order valence-corrected chi connectivity index (χ2v) is 9.50. The number of benzene rings is 3. The molecule has 2 fully saturated rings. The van der Waals surface area contributed by atoms with Crippen LogP contribution in [0.2, 0.25) is 5.02 Å². The fraction of sp³-hybridized carbons (Fsp3) is 0.259. The molecule has 2 N–H and O–H groups in total. The first-order valence-electron chi connectivity index (χ1n) is 11.4. The van der Waals surface area contributed by atoms with Gasteiger partial charge in [-0.2, -0.15) is 0 Å². The molecular weight excluding hydrogens is 448 g/mol. The monoisotopic (exact) mass is 474 g/mol. The molecule has 0 spiro atoms. The predicted molar refractivity (Wildman–Crippen MR) is 135 cm³/mol. The van der Waals surface area contributed by atoms with Crippen molar-refractivity contribution in [2.24, 2.45) is 0 Å². The zero-order valence-corrected chi connectivity index (χ0v) is 19.9. The lowest BCUT2D eigenvalue weighted by molar-refractivity contribution is 0.00202. The van der Waals surface area contributed by atoms with E-state index in [9.17, 15) is 9.59 Å². The van der Waals surface area contributed by atoms with E-state index in [0.717, 1.165) is 24.2 Å². The quantitative estimate of drug-likeness (QED) is 0.577. The average Bonchev–Trinajstić information content (AvgIpc) is 2.84. The number of urea groups is 1. The van der Waals surface area contributed by atoms with Gasteiger partial charge in [0.2, 0.25) is 0 Å². The standard InChI is InChI=1S/C27H27ClN4O2/c1-31(2)26(33)20-12-8-18(9-13-20)17-6-10-19(11-7-17)25-23-15-29-16-24(25)32(23)27(34)30-22-5-3-4-21(28)14-22/h3-14,23-25,29H,15-16H2,1-2H3,(H,30,34)/t23-,24+,25?. The highest BCUT2D eigenvalue weighted by atomic mass is 35.5. The maximum Gasteiger partial charge on any atom is 0.322 e. The first kappa shape index (κ1) is 22.4. The smallest absolute Gasteiger partial charge is 0.322 e. The second kappa shape index (κ2) is 9.12. The summed E-state index contributed by atoms with van der Waals surface area (Å²) in [5.74, 6) is 0.302. The molecule has 0 aromatic heterocycles. The van der Waals surface area contributed by atoms with Gasteiger partial charge in [-0.15, -0.1) is 0 Å². The van der Waals surface area contributed by atoms with E-state index in [0.29, 0.717) is 22.2 Å². The van der Waals surface area contributed by atoms with Gasteiger partial charge in [0.15, 0.2) is 0 Å². The van der Waals surface area contributed by atoms with Crippen molar-refractivity contribution in [3.05, 3.63) is 88.9 Å². The van der Waals surface area contributed by atoms with Gasteiger partial charge in [0.25, 0.3) is 5.91 Å². The van der Waals surface area contributed by atoms with Gasteiger partial charge in [-0.25, -0.2) is 4.79 Å². The Kier molecular flexibility index (Phi) is 6.02. The Morgan fingerprint density at radius 1 is 0.941 bits per heavy atom. The molecule has 3 amide bonds. The van der Waals surface area contributed by atoms with E-state index < -0.39 is 0 Å². The van der Waals surface area contributed by atoms with Gasteiger partial charge in [0, 0.05) is 49.4 Å². The van der Waals surface area contributed by atoms with E-state index in [4.69, 9.17) is 11.6 Å². The summed E-state index contributed by atoms with van der Waals surface area (Å²) < 4.78 is 0. The molecule has 3 atom stereocenters. The van der Waals surface area contributed by atoms with Gasteiger partial charge in [-0.05, 0) is 47.0 Å². The summed E-state index contributed by atoms with van der Waals surface area (Å²) in [6.45, 7) is 1.54. The highest BCUT2D eigenvalue weighted by Crippen LogP contribution is 2.43. The number of nitrogens with zero attached hydrogens (tertiary/aromatic N) is 2. The van der Waals surface area contributed by atoms with E-state index in [1.54, 1.807) is 31.1 Å². The number of piperazine rings is 1. The first-order chi connectivity index (χ1) is 16.4. The number of piperidine rings is 1. The van der Waals surface area contributed by atoms with Crippen molar-refractivity contribution in [2.45, 2.75) is 18.0 Å². The normalized spacial score (nSPS) is 20.9. The SMILES string of the molecule is CN(C)C(=O)c1ccc(-c2ccc(C3[C@H]4CNC[C@@H]3N4C(=O)Nc3cccc(Cl)c3)cc2)cc1. The number of amides is 3. The summed E-state index contributed by atoms with van der Waals surface area (Å²) in [6, 6.07) is 23.6. The molecule has 174 valence electrons. The lowest BCUT2D eigenvalue weighted by Gasteiger charge is -2.59. The van der Waals surface area contributed by atoms with Crippen LogP contribution in [0.5, 0.6) is 0 Å². The number of carbonyl (C=O) groups excluding carboxylic acids is 2. The fourth-order valence-corrected chi connectivity index (χ4v) is 5.23. The predicted octanol–water partition coefficient (Wildman–Crippen LogP) is 4.68. The maximum atomic E-state index is 13.0. The van der Waals surface area contributed by atoms with E-state index in [1.165, 1.54) is 5.56 Å². The van der Waals surface area contributed by atoms with Crippen molar-refractivity contribution in [2.75, 3.05) is 32.5 Å². The van der Waals surface area contributed by atoms with Crippen molar-refractivity contribution in [1.82, 2.24) is 15.1 Å². The largest absolute Gasteiger partial charge is 0.345 e. The van der Waals surface area contributed by atoms with Crippen LogP contribution in [0.3, 0.4) is 0 Å². The number of rotatable bonds is 4. The van der Waals surface area contributed by atoms with Crippen molar-refractivity contribution in [3.63, 3.8) is 0 Å². The zero-order valence-electron chi connectivity index (χ0n) is 19.2. The number of carbonyl (C=O) groups is 2. The maximum absolute atomic E-state index is 13.0. The molecule has 3 aromatic rings. The number of hydrogen-bond donors (Lipinski definition) is 2. The van der Waals surface area contributed by atoms with Crippen molar-refractivity contribution >= 4 is 29.2 Å². The van der Waals surface area contributed by atoms with Gasteiger partial charge < -0.3 is 20.4 Å². The second-order valence-electron chi connectivity index (χ2n) is 9.07. The number of halogens is 1. The molecule has 34 heavy (non-hydrogen) atoms. The molecule has 2 saturated heterocycles. The van der Waals surface area contributed by atoms with Crippen molar-refractivity contribution < 1.29 is 9.59 Å². The minimum atomic E-state index is -0.0843. The molecule has 2 aliphatic heterocycles. The van der Waals surface area contributed by atoms with Gasteiger partial charge in [-0.3, -0.25) is 4.79 Å². The average molecular weight is 475 g/mol. The van der Waals surface area contributed by atoms with Crippen LogP contribution in [-0.2, 0) is 0 Å². The minimum Gasteiger partial charge on any atom is -0.345 e.